The van der Waals surface area contributed by atoms with Gasteiger partial charge in [-0.2, -0.15) is 0 Å². The molecule has 0 saturated heterocycles. The third-order valence-corrected chi connectivity index (χ3v) is 21.5. The van der Waals surface area contributed by atoms with E-state index in [1.807, 2.05) is 0 Å². The molecule has 0 heterocycles. The second-order valence-corrected chi connectivity index (χ2v) is 24.7. The maximum atomic E-state index is 13.5. The summed E-state index contributed by atoms with van der Waals surface area (Å²) < 4.78 is 12.3. The summed E-state index contributed by atoms with van der Waals surface area (Å²) in [6, 6.07) is 0. The molecule has 6 saturated carbocycles. The van der Waals surface area contributed by atoms with Gasteiger partial charge in [-0.15, -0.1) is 0 Å². The van der Waals surface area contributed by atoms with Crippen molar-refractivity contribution in [1.29, 1.82) is 0 Å². The molecule has 8 aliphatic carbocycles. The van der Waals surface area contributed by atoms with Crippen LogP contribution in [0.25, 0.3) is 0 Å². The fraction of sp³-hybridized carbons (Fsp3) is 0.864. The van der Waals surface area contributed by atoms with Crippen LogP contribution in [0, 0.1) is 69.0 Å². The highest BCUT2D eigenvalue weighted by atomic mass is 16.5. The molecule has 0 radical (unpaired) electrons. The Hall–Kier alpha value is -1.84. The first kappa shape index (κ1) is 47.6. The van der Waals surface area contributed by atoms with Gasteiger partial charge in [0.25, 0.3) is 0 Å². The molecule has 63 heavy (non-hydrogen) atoms. The van der Waals surface area contributed by atoms with Gasteiger partial charge in [-0.05, 0) is 179 Å². The molecule has 0 aliphatic heterocycles. The second kappa shape index (κ2) is 20.2. The molecule has 0 spiro atoms. The minimum atomic E-state index is -0.384. The molecule has 354 valence electrons. The van der Waals surface area contributed by atoms with Gasteiger partial charge in [0.2, 0.25) is 0 Å². The molecule has 8 rings (SSSR count). The molecule has 4 heteroatoms. The van der Waals surface area contributed by atoms with Crippen LogP contribution in [-0.4, -0.2) is 24.1 Å². The lowest BCUT2D eigenvalue weighted by Gasteiger charge is -2.58. The summed E-state index contributed by atoms with van der Waals surface area (Å²) in [6.07, 6.45) is 45.6. The minimum absolute atomic E-state index is 0.110. The van der Waals surface area contributed by atoms with Gasteiger partial charge in [-0.3, -0.25) is 0 Å². The van der Waals surface area contributed by atoms with Crippen molar-refractivity contribution in [3.05, 3.63) is 34.9 Å². The molecule has 14 atom stereocenters. The Kier molecular flexibility index (Phi) is 15.3. The van der Waals surface area contributed by atoms with Crippen molar-refractivity contribution in [1.82, 2.24) is 0 Å². The summed E-state index contributed by atoms with van der Waals surface area (Å²) in [6.45, 7) is 16.9. The highest BCUT2D eigenvalue weighted by Crippen LogP contribution is 2.68. The number of allylic oxidation sites excluding steroid dienone is 2. The van der Waals surface area contributed by atoms with Crippen molar-refractivity contribution in [3.63, 3.8) is 0 Å². The van der Waals surface area contributed by atoms with Crippen LogP contribution in [-0.2, 0) is 19.1 Å². The van der Waals surface area contributed by atoms with Crippen LogP contribution in [0.5, 0.6) is 0 Å². The normalized spacial score (nSPS) is 41.8. The maximum absolute atomic E-state index is 13.5. The summed E-state index contributed by atoms with van der Waals surface area (Å²) in [5, 5.41) is 0. The lowest BCUT2D eigenvalue weighted by Crippen LogP contribution is -2.50. The zero-order chi connectivity index (χ0) is 44.4. The first-order valence-corrected chi connectivity index (χ1v) is 27.8. The fourth-order valence-electron chi connectivity index (χ4n) is 17.6. The number of esters is 2. The minimum Gasteiger partial charge on any atom is -0.459 e. The molecular formula is C59H94O4. The molecule has 0 amide bonds. The van der Waals surface area contributed by atoms with Gasteiger partial charge in [0, 0.05) is 24.5 Å². The highest BCUT2D eigenvalue weighted by Gasteiger charge is 2.60. The van der Waals surface area contributed by atoms with E-state index < -0.39 is 0 Å². The van der Waals surface area contributed by atoms with Crippen LogP contribution in [0.15, 0.2) is 34.9 Å². The summed E-state index contributed by atoms with van der Waals surface area (Å²) in [7, 11) is 0. The second-order valence-electron chi connectivity index (χ2n) is 24.7. The fourth-order valence-corrected chi connectivity index (χ4v) is 17.6. The Morgan fingerprint density at radius 3 is 1.48 bits per heavy atom. The summed E-state index contributed by atoms with van der Waals surface area (Å²) in [5.41, 5.74) is 4.98. The van der Waals surface area contributed by atoms with Crippen LogP contribution in [0.2, 0.25) is 0 Å². The van der Waals surface area contributed by atoms with Crippen molar-refractivity contribution in [2.45, 2.75) is 253 Å². The molecule has 0 aromatic heterocycles. The highest BCUT2D eigenvalue weighted by molar-refractivity contribution is 5.96. The zero-order valence-electron chi connectivity index (χ0n) is 41.9. The van der Waals surface area contributed by atoms with E-state index >= 15 is 0 Å². The number of carbonyl (C=O) groups is 2. The van der Waals surface area contributed by atoms with Crippen molar-refractivity contribution >= 4 is 11.9 Å². The average Bonchev–Trinajstić information content (AvgIpc) is 3.79. The lowest BCUT2D eigenvalue weighted by atomic mass is 9.47. The van der Waals surface area contributed by atoms with Gasteiger partial charge in [0.05, 0.1) is 0 Å². The molecular weight excluding hydrogens is 773 g/mol. The molecule has 14 unspecified atom stereocenters. The van der Waals surface area contributed by atoms with Crippen molar-refractivity contribution < 1.29 is 19.1 Å². The van der Waals surface area contributed by atoms with Crippen molar-refractivity contribution in [2.24, 2.45) is 69.0 Å². The maximum Gasteiger partial charge on any atom is 0.334 e. The van der Waals surface area contributed by atoms with Crippen LogP contribution in [0.1, 0.15) is 241 Å². The first-order valence-electron chi connectivity index (χ1n) is 27.8. The van der Waals surface area contributed by atoms with Crippen LogP contribution < -0.4 is 0 Å². The third-order valence-electron chi connectivity index (χ3n) is 21.5. The standard InChI is InChI=1S/C59H94O4/c1-8-10-12-14-16-18-20-42-24-28-50-48-26-22-44-39-46(30-34-58(44,6)52(48)32-36-56(42,50)4)62-54(60)38-41(3)55(61)63-47-31-35-59(7)45(40-47)23-27-49-51-29-25-43(21-19-17-15-13-11-9-2)57(51,5)37-33-53(49)59/h22-23,38,42-43,46-53H,8-21,24-37,39-40H2,1-7H3. The van der Waals surface area contributed by atoms with E-state index in [0.717, 1.165) is 85.9 Å². The Morgan fingerprint density at radius 1 is 0.556 bits per heavy atom. The zero-order valence-corrected chi connectivity index (χ0v) is 41.9. The largest absolute Gasteiger partial charge is 0.459 e. The number of fused-ring (bicyclic) bond motifs is 10. The molecule has 0 bridgehead atoms. The Bertz CT molecular complexity index is 1690. The SMILES string of the molecule is CCCCCCCCC1CCC2C3CC=C4CC(OC(=O)C=C(C)C(=O)OC5CCC6(C)C(=CCC7C6CCC6(C)C(CCCCCCCC)CCC76)C5)CCC4(C)C3CCC12C. The van der Waals surface area contributed by atoms with Crippen molar-refractivity contribution in [3.8, 4) is 0 Å². The smallest absolute Gasteiger partial charge is 0.334 e. The molecule has 0 N–H and O–H groups in total. The summed E-state index contributed by atoms with van der Waals surface area (Å²) >= 11 is 0. The van der Waals surface area contributed by atoms with Gasteiger partial charge < -0.3 is 9.47 Å². The van der Waals surface area contributed by atoms with E-state index in [-0.39, 0.29) is 35.0 Å². The number of hydrogen-bond acceptors (Lipinski definition) is 4. The monoisotopic (exact) mass is 867 g/mol. The molecule has 6 fully saturated rings. The number of rotatable bonds is 18. The molecule has 8 aliphatic rings. The number of hydrogen-bond donors (Lipinski definition) is 0. The number of unbranched alkanes of at least 4 members (excludes halogenated alkanes) is 10. The Morgan fingerprint density at radius 2 is 1.00 bits per heavy atom. The predicted octanol–water partition coefficient (Wildman–Crippen LogP) is 16.4. The van der Waals surface area contributed by atoms with Gasteiger partial charge >= 0.3 is 11.9 Å². The lowest BCUT2D eigenvalue weighted by molar-refractivity contribution is -0.149. The quantitative estimate of drug-likeness (QED) is 0.0596. The molecule has 0 aromatic rings. The van der Waals surface area contributed by atoms with Crippen LogP contribution >= 0.6 is 0 Å². The predicted molar refractivity (Wildman–Crippen MR) is 260 cm³/mol. The van der Waals surface area contributed by atoms with E-state index in [1.54, 1.807) is 18.1 Å². The Labute approximate surface area is 386 Å². The van der Waals surface area contributed by atoms with E-state index in [4.69, 9.17) is 9.47 Å². The molecule has 4 nitrogen and oxygen atoms in total. The summed E-state index contributed by atoms with van der Waals surface area (Å²) in [5.74, 6) is 6.00. The van der Waals surface area contributed by atoms with Gasteiger partial charge in [-0.25, -0.2) is 9.59 Å². The van der Waals surface area contributed by atoms with E-state index in [9.17, 15) is 9.59 Å². The average molecular weight is 867 g/mol. The Balaban J connectivity index is 0.799. The van der Waals surface area contributed by atoms with E-state index in [1.165, 1.54) is 160 Å². The van der Waals surface area contributed by atoms with Gasteiger partial charge in [-0.1, -0.05) is 142 Å². The van der Waals surface area contributed by atoms with E-state index in [2.05, 4.69) is 53.7 Å². The summed E-state index contributed by atoms with van der Waals surface area (Å²) in [4.78, 5) is 26.9. The van der Waals surface area contributed by atoms with Gasteiger partial charge in [0.1, 0.15) is 12.2 Å². The van der Waals surface area contributed by atoms with Crippen molar-refractivity contribution in [2.75, 3.05) is 0 Å². The number of carbonyl (C=O) groups excluding carboxylic acids is 2. The van der Waals surface area contributed by atoms with Gasteiger partial charge in [0.15, 0.2) is 0 Å². The third kappa shape index (κ3) is 9.53. The first-order chi connectivity index (χ1) is 30.3. The molecule has 0 aromatic carbocycles. The van der Waals surface area contributed by atoms with Crippen LogP contribution in [0.3, 0.4) is 0 Å². The van der Waals surface area contributed by atoms with Crippen LogP contribution in [0.4, 0.5) is 0 Å². The van der Waals surface area contributed by atoms with E-state index in [0.29, 0.717) is 16.4 Å². The number of ether oxygens (including phenoxy) is 2. The topological polar surface area (TPSA) is 52.6 Å².